The van der Waals surface area contributed by atoms with Gasteiger partial charge in [-0.05, 0) is 47.3 Å². The smallest absolute Gasteiger partial charge is 0.390 e. The van der Waals surface area contributed by atoms with E-state index in [1.165, 1.54) is 6.07 Å². The minimum Gasteiger partial charge on any atom is -0.390 e. The zero-order valence-corrected chi connectivity index (χ0v) is 15.7. The Bertz CT molecular complexity index is 963. The highest BCUT2D eigenvalue weighted by molar-refractivity contribution is 6.69. The van der Waals surface area contributed by atoms with Gasteiger partial charge in [0, 0.05) is 5.56 Å². The second-order valence-corrected chi connectivity index (χ2v) is 11.6. The molecule has 1 unspecified atom stereocenters. The molecule has 0 aliphatic heterocycles. The number of nitrogens with zero attached hydrogens (tertiary/aromatic N) is 1. The van der Waals surface area contributed by atoms with E-state index in [1.807, 2.05) is 6.07 Å². The van der Waals surface area contributed by atoms with E-state index in [2.05, 4.69) is 0 Å². The van der Waals surface area contributed by atoms with Crippen molar-refractivity contribution in [2.24, 2.45) is 0 Å². The summed E-state index contributed by atoms with van der Waals surface area (Å²) < 4.78 is 48.6. The third-order valence-corrected chi connectivity index (χ3v) is 5.06. The van der Waals surface area contributed by atoms with Crippen molar-refractivity contribution in [2.75, 3.05) is 0 Å². The predicted molar refractivity (Wildman–Crippen MR) is 99.2 cm³/mol. The van der Waals surface area contributed by atoms with Crippen LogP contribution in [0, 0.1) is 11.3 Å². The Hall–Kier alpha value is -2.36. The lowest BCUT2D eigenvalue weighted by Gasteiger charge is -2.36. The van der Waals surface area contributed by atoms with E-state index in [4.69, 9.17) is 4.43 Å². The standard InChI is InChI=1S/C20H18F3NOSi/c1-26(2,3)25-19(13-24,20(21,22)23)18-16-10-6-4-8-14(16)12-15-9-5-7-11-17(15)18/h4-12H,1-3H3. The van der Waals surface area contributed by atoms with Gasteiger partial charge < -0.3 is 4.43 Å². The Morgan fingerprint density at radius 3 is 1.73 bits per heavy atom. The van der Waals surface area contributed by atoms with E-state index in [-0.39, 0.29) is 5.56 Å². The second-order valence-electron chi connectivity index (χ2n) is 7.20. The van der Waals surface area contributed by atoms with E-state index >= 15 is 0 Å². The zero-order valence-electron chi connectivity index (χ0n) is 14.7. The molecule has 134 valence electrons. The SMILES string of the molecule is C[Si](C)(C)OC(C#N)(c1c2ccccc2cc2ccccc12)C(F)(F)F. The number of halogens is 3. The first-order chi connectivity index (χ1) is 12.1. The van der Waals surface area contributed by atoms with Gasteiger partial charge >= 0.3 is 6.18 Å². The average molecular weight is 373 g/mol. The zero-order chi connectivity index (χ0) is 19.2. The van der Waals surface area contributed by atoms with Crippen LogP contribution in [0.3, 0.4) is 0 Å². The van der Waals surface area contributed by atoms with E-state index in [9.17, 15) is 18.4 Å². The molecule has 0 heterocycles. The van der Waals surface area contributed by atoms with Crippen LogP contribution in [-0.4, -0.2) is 14.5 Å². The topological polar surface area (TPSA) is 33.0 Å². The number of hydrogen-bond donors (Lipinski definition) is 0. The molecule has 26 heavy (non-hydrogen) atoms. The first-order valence-corrected chi connectivity index (χ1v) is 11.6. The van der Waals surface area contributed by atoms with Gasteiger partial charge in [-0.2, -0.15) is 18.4 Å². The van der Waals surface area contributed by atoms with Gasteiger partial charge in [-0.1, -0.05) is 48.5 Å². The van der Waals surface area contributed by atoms with Crippen molar-refractivity contribution in [2.45, 2.75) is 31.4 Å². The molecule has 2 nitrogen and oxygen atoms in total. The van der Waals surface area contributed by atoms with Gasteiger partial charge in [0.1, 0.15) is 6.07 Å². The maximum absolute atomic E-state index is 14.3. The maximum Gasteiger partial charge on any atom is 0.434 e. The number of alkyl halides is 3. The number of fused-ring (bicyclic) bond motifs is 2. The van der Waals surface area contributed by atoms with Crippen LogP contribution in [0.2, 0.25) is 19.6 Å². The maximum atomic E-state index is 14.3. The van der Waals surface area contributed by atoms with Gasteiger partial charge in [-0.15, -0.1) is 0 Å². The molecule has 0 bridgehead atoms. The molecule has 0 N–H and O–H groups in total. The third-order valence-electron chi connectivity index (χ3n) is 4.14. The summed E-state index contributed by atoms with van der Waals surface area (Å²) in [5.41, 5.74) is -3.14. The fourth-order valence-corrected chi connectivity index (χ4v) is 4.43. The molecule has 0 saturated carbocycles. The van der Waals surface area contributed by atoms with Crippen LogP contribution in [0.15, 0.2) is 54.6 Å². The molecule has 0 spiro atoms. The predicted octanol–water partition coefficient (Wildman–Crippen LogP) is 6.13. The Kier molecular flexibility index (Phi) is 4.33. The number of hydrogen-bond acceptors (Lipinski definition) is 2. The lowest BCUT2D eigenvalue weighted by atomic mass is 9.85. The van der Waals surface area contributed by atoms with Crippen LogP contribution < -0.4 is 0 Å². The largest absolute Gasteiger partial charge is 0.434 e. The summed E-state index contributed by atoms with van der Waals surface area (Å²) in [6, 6.07) is 16.9. The molecule has 6 heteroatoms. The third kappa shape index (κ3) is 2.98. The van der Waals surface area contributed by atoms with E-state index in [1.54, 1.807) is 68.2 Å². The van der Waals surface area contributed by atoms with Crippen molar-refractivity contribution < 1.29 is 17.6 Å². The molecule has 3 aromatic carbocycles. The normalized spacial score (nSPS) is 15.0. The summed E-state index contributed by atoms with van der Waals surface area (Å²) in [4.78, 5) is 0. The highest BCUT2D eigenvalue weighted by atomic mass is 28.4. The molecule has 1 atom stereocenters. The molecular weight excluding hydrogens is 355 g/mol. The second kappa shape index (κ2) is 6.11. The molecule has 0 fully saturated rings. The lowest BCUT2D eigenvalue weighted by molar-refractivity contribution is -0.233. The van der Waals surface area contributed by atoms with Crippen LogP contribution in [0.1, 0.15) is 5.56 Å². The van der Waals surface area contributed by atoms with Crippen molar-refractivity contribution >= 4 is 29.9 Å². The van der Waals surface area contributed by atoms with Crippen LogP contribution >= 0.6 is 0 Å². The highest BCUT2D eigenvalue weighted by Gasteiger charge is 2.61. The fraction of sp³-hybridized carbons (Fsp3) is 0.250. The van der Waals surface area contributed by atoms with Gasteiger partial charge in [0.2, 0.25) is 0 Å². The summed E-state index contributed by atoms with van der Waals surface area (Å²) in [5, 5.41) is 11.8. The quantitative estimate of drug-likeness (QED) is 0.409. The summed E-state index contributed by atoms with van der Waals surface area (Å²) in [6.07, 6.45) is -4.88. The molecule has 0 saturated heterocycles. The highest BCUT2D eigenvalue weighted by Crippen LogP contribution is 2.48. The van der Waals surface area contributed by atoms with Crippen molar-refractivity contribution in [3.05, 3.63) is 60.2 Å². The van der Waals surface area contributed by atoms with Gasteiger partial charge in [0.25, 0.3) is 5.60 Å². The molecule has 0 amide bonds. The van der Waals surface area contributed by atoms with Gasteiger partial charge in [0.15, 0.2) is 8.32 Å². The van der Waals surface area contributed by atoms with Crippen molar-refractivity contribution in [3.63, 3.8) is 0 Å². The van der Waals surface area contributed by atoms with Crippen LogP contribution in [0.5, 0.6) is 0 Å². The van der Waals surface area contributed by atoms with E-state index < -0.39 is 20.1 Å². The van der Waals surface area contributed by atoms with Crippen molar-refractivity contribution in [1.82, 2.24) is 0 Å². The summed E-state index contributed by atoms with van der Waals surface area (Å²) >= 11 is 0. The minimum atomic E-state index is -4.88. The van der Waals surface area contributed by atoms with Crippen molar-refractivity contribution in [1.29, 1.82) is 5.26 Å². The molecular formula is C20H18F3NOSi. The summed E-state index contributed by atoms with van der Waals surface area (Å²) in [5.74, 6) is 0. The summed E-state index contributed by atoms with van der Waals surface area (Å²) in [7, 11) is -2.72. The molecule has 0 aliphatic rings. The molecule has 3 rings (SSSR count). The van der Waals surface area contributed by atoms with Gasteiger partial charge in [-0.25, -0.2) is 0 Å². The Morgan fingerprint density at radius 2 is 1.35 bits per heavy atom. The van der Waals surface area contributed by atoms with Crippen LogP contribution in [0.25, 0.3) is 21.5 Å². The van der Waals surface area contributed by atoms with E-state index in [0.29, 0.717) is 21.5 Å². The molecule has 0 aromatic heterocycles. The Labute approximate surface area is 150 Å². The number of nitriles is 1. The Balaban J connectivity index is 2.54. The minimum absolute atomic E-state index is 0.122. The summed E-state index contributed by atoms with van der Waals surface area (Å²) in [6.45, 7) is 4.95. The Morgan fingerprint density at radius 1 is 0.885 bits per heavy atom. The first-order valence-electron chi connectivity index (χ1n) is 8.18. The monoisotopic (exact) mass is 373 g/mol. The molecule has 0 radical (unpaired) electrons. The van der Waals surface area contributed by atoms with Gasteiger partial charge in [-0.3, -0.25) is 0 Å². The average Bonchev–Trinajstić information content (AvgIpc) is 2.56. The number of rotatable bonds is 3. The van der Waals surface area contributed by atoms with Crippen LogP contribution in [-0.2, 0) is 10.0 Å². The van der Waals surface area contributed by atoms with E-state index in [0.717, 1.165) is 0 Å². The first kappa shape index (κ1) is 18.4. The van der Waals surface area contributed by atoms with Crippen molar-refractivity contribution in [3.8, 4) is 6.07 Å². The van der Waals surface area contributed by atoms with Gasteiger partial charge in [0.05, 0.1) is 0 Å². The number of benzene rings is 3. The fourth-order valence-electron chi connectivity index (χ4n) is 3.25. The molecule has 0 aliphatic carbocycles. The lowest BCUT2D eigenvalue weighted by Crippen LogP contribution is -2.50. The van der Waals surface area contributed by atoms with Crippen LogP contribution in [0.4, 0.5) is 13.2 Å². The molecule has 3 aromatic rings.